The van der Waals surface area contributed by atoms with E-state index >= 15 is 0 Å². The summed E-state index contributed by atoms with van der Waals surface area (Å²) in [4.78, 5) is 21.3. The molecule has 4 heteroatoms. The van der Waals surface area contributed by atoms with E-state index in [2.05, 4.69) is 34.1 Å². The highest BCUT2D eigenvalue weighted by Gasteiger charge is 2.28. The third kappa shape index (κ3) is 3.45. The molecule has 4 nitrogen and oxygen atoms in total. The van der Waals surface area contributed by atoms with Crippen LogP contribution in [0.2, 0.25) is 0 Å². The van der Waals surface area contributed by atoms with E-state index in [1.54, 1.807) is 12.4 Å². The molecule has 1 fully saturated rings. The Kier molecular flexibility index (Phi) is 4.79. The van der Waals surface area contributed by atoms with E-state index in [9.17, 15) is 4.79 Å². The lowest BCUT2D eigenvalue weighted by Gasteiger charge is -2.35. The van der Waals surface area contributed by atoms with Crippen LogP contribution in [-0.2, 0) is 6.42 Å². The van der Waals surface area contributed by atoms with Gasteiger partial charge in [-0.05, 0) is 48.9 Å². The van der Waals surface area contributed by atoms with Crippen molar-refractivity contribution in [2.75, 3.05) is 26.2 Å². The number of fused-ring (bicyclic) bond motifs is 1. The predicted molar refractivity (Wildman–Crippen MR) is 98.5 cm³/mol. The van der Waals surface area contributed by atoms with Gasteiger partial charge in [-0.2, -0.15) is 0 Å². The summed E-state index contributed by atoms with van der Waals surface area (Å²) >= 11 is 0. The van der Waals surface area contributed by atoms with E-state index in [1.165, 1.54) is 30.4 Å². The minimum Gasteiger partial charge on any atom is -0.337 e. The lowest BCUT2D eigenvalue weighted by atomic mass is 9.87. The van der Waals surface area contributed by atoms with Gasteiger partial charge in [0.05, 0.1) is 0 Å². The number of carbonyl (C=O) groups is 1. The van der Waals surface area contributed by atoms with Crippen molar-refractivity contribution >= 4 is 5.91 Å². The monoisotopic (exact) mass is 335 g/mol. The fourth-order valence-corrected chi connectivity index (χ4v) is 4.24. The summed E-state index contributed by atoms with van der Waals surface area (Å²) in [5, 5.41) is 0. The molecular formula is C21H25N3O. The summed E-state index contributed by atoms with van der Waals surface area (Å²) in [5.74, 6) is 0.133. The van der Waals surface area contributed by atoms with Gasteiger partial charge in [0.15, 0.2) is 0 Å². The number of aromatic nitrogens is 1. The van der Waals surface area contributed by atoms with Crippen molar-refractivity contribution < 1.29 is 4.79 Å². The minimum absolute atomic E-state index is 0.133. The Hall–Kier alpha value is -2.20. The molecule has 1 saturated heterocycles. The SMILES string of the molecule is O=C(c1ccncc1)N1CCCN(C2CCCc3ccccc32)CC1. The van der Waals surface area contributed by atoms with Gasteiger partial charge in [-0.1, -0.05) is 24.3 Å². The number of hydrogen-bond acceptors (Lipinski definition) is 3. The van der Waals surface area contributed by atoms with Crippen molar-refractivity contribution in [2.45, 2.75) is 31.7 Å². The molecule has 1 aliphatic heterocycles. The highest BCUT2D eigenvalue weighted by molar-refractivity contribution is 5.94. The molecule has 0 N–H and O–H groups in total. The van der Waals surface area contributed by atoms with E-state index < -0.39 is 0 Å². The first-order valence-corrected chi connectivity index (χ1v) is 9.34. The molecule has 2 heterocycles. The van der Waals surface area contributed by atoms with Crippen LogP contribution in [0.15, 0.2) is 48.8 Å². The number of aryl methyl sites for hydroxylation is 1. The second-order valence-corrected chi connectivity index (χ2v) is 7.02. The largest absolute Gasteiger partial charge is 0.337 e. The Bertz CT molecular complexity index is 731. The highest BCUT2D eigenvalue weighted by Crippen LogP contribution is 2.34. The number of amides is 1. The zero-order chi connectivity index (χ0) is 17.1. The fraction of sp³-hybridized carbons (Fsp3) is 0.429. The Morgan fingerprint density at radius 2 is 1.80 bits per heavy atom. The summed E-state index contributed by atoms with van der Waals surface area (Å²) < 4.78 is 0. The molecule has 1 atom stereocenters. The molecule has 1 aliphatic carbocycles. The van der Waals surface area contributed by atoms with Crippen LogP contribution in [0.1, 0.15) is 46.8 Å². The van der Waals surface area contributed by atoms with E-state index in [0.29, 0.717) is 6.04 Å². The maximum Gasteiger partial charge on any atom is 0.254 e. The van der Waals surface area contributed by atoms with Crippen molar-refractivity contribution in [3.05, 3.63) is 65.5 Å². The summed E-state index contributed by atoms with van der Waals surface area (Å²) in [7, 11) is 0. The number of carbonyl (C=O) groups excluding carboxylic acids is 1. The van der Waals surface area contributed by atoms with Crippen LogP contribution in [-0.4, -0.2) is 46.9 Å². The highest BCUT2D eigenvalue weighted by atomic mass is 16.2. The van der Waals surface area contributed by atoms with Gasteiger partial charge in [0.2, 0.25) is 0 Å². The first-order valence-electron chi connectivity index (χ1n) is 9.34. The smallest absolute Gasteiger partial charge is 0.254 e. The molecule has 0 spiro atoms. The molecule has 2 aliphatic rings. The molecule has 1 unspecified atom stereocenters. The maximum atomic E-state index is 12.7. The van der Waals surface area contributed by atoms with Crippen molar-refractivity contribution in [1.29, 1.82) is 0 Å². The normalized spacial score (nSPS) is 21.4. The van der Waals surface area contributed by atoms with Gasteiger partial charge in [-0.15, -0.1) is 0 Å². The van der Waals surface area contributed by atoms with Gasteiger partial charge in [0, 0.05) is 50.2 Å². The summed E-state index contributed by atoms with van der Waals surface area (Å²) in [6.07, 6.45) is 8.11. The molecule has 0 saturated carbocycles. The average molecular weight is 335 g/mol. The fourth-order valence-electron chi connectivity index (χ4n) is 4.24. The van der Waals surface area contributed by atoms with Gasteiger partial charge >= 0.3 is 0 Å². The van der Waals surface area contributed by atoms with Crippen molar-refractivity contribution in [1.82, 2.24) is 14.8 Å². The molecule has 2 aromatic rings. The third-order valence-electron chi connectivity index (χ3n) is 5.52. The molecule has 130 valence electrons. The Balaban J connectivity index is 1.46. The van der Waals surface area contributed by atoms with Gasteiger partial charge < -0.3 is 4.90 Å². The van der Waals surface area contributed by atoms with Crippen LogP contribution in [0.25, 0.3) is 0 Å². The van der Waals surface area contributed by atoms with Crippen LogP contribution in [0.5, 0.6) is 0 Å². The first-order chi connectivity index (χ1) is 12.3. The minimum atomic E-state index is 0.133. The standard InChI is InChI=1S/C21H25N3O/c25-21(18-9-11-22-12-10-18)24-14-4-13-23(15-16-24)20-8-3-6-17-5-1-2-7-19(17)20/h1-2,5,7,9-12,20H,3-4,6,8,13-16H2. The quantitative estimate of drug-likeness (QED) is 0.845. The van der Waals surface area contributed by atoms with Crippen molar-refractivity contribution in [2.24, 2.45) is 0 Å². The number of rotatable bonds is 2. The van der Waals surface area contributed by atoms with Crippen molar-refractivity contribution in [3.63, 3.8) is 0 Å². The third-order valence-corrected chi connectivity index (χ3v) is 5.52. The van der Waals surface area contributed by atoms with Crippen molar-refractivity contribution in [3.8, 4) is 0 Å². The van der Waals surface area contributed by atoms with Crippen LogP contribution < -0.4 is 0 Å². The molecule has 25 heavy (non-hydrogen) atoms. The van der Waals surface area contributed by atoms with Gasteiger partial charge in [-0.3, -0.25) is 14.7 Å². The van der Waals surface area contributed by atoms with E-state index in [4.69, 9.17) is 0 Å². The van der Waals surface area contributed by atoms with Crippen LogP contribution >= 0.6 is 0 Å². The van der Waals surface area contributed by atoms with Gasteiger partial charge in [0.1, 0.15) is 0 Å². The van der Waals surface area contributed by atoms with Crippen LogP contribution in [0.3, 0.4) is 0 Å². The zero-order valence-electron chi connectivity index (χ0n) is 14.6. The predicted octanol–water partition coefficient (Wildman–Crippen LogP) is 3.31. The number of pyridine rings is 1. The zero-order valence-corrected chi connectivity index (χ0v) is 14.6. The molecule has 0 bridgehead atoms. The number of nitrogens with zero attached hydrogens (tertiary/aromatic N) is 3. The Morgan fingerprint density at radius 3 is 2.68 bits per heavy atom. The Morgan fingerprint density at radius 1 is 0.960 bits per heavy atom. The van der Waals surface area contributed by atoms with Crippen LogP contribution in [0, 0.1) is 0 Å². The van der Waals surface area contributed by atoms with E-state index in [1.807, 2.05) is 17.0 Å². The molecule has 4 rings (SSSR count). The topological polar surface area (TPSA) is 36.4 Å². The molecular weight excluding hydrogens is 310 g/mol. The molecule has 1 aromatic heterocycles. The lowest BCUT2D eigenvalue weighted by molar-refractivity contribution is 0.0756. The first kappa shape index (κ1) is 16.3. The summed E-state index contributed by atoms with van der Waals surface area (Å²) in [5.41, 5.74) is 3.75. The molecule has 0 radical (unpaired) electrons. The number of benzene rings is 1. The second kappa shape index (κ2) is 7.36. The molecule has 1 amide bonds. The Labute approximate surface area is 149 Å². The van der Waals surface area contributed by atoms with E-state index in [-0.39, 0.29) is 5.91 Å². The summed E-state index contributed by atoms with van der Waals surface area (Å²) in [6, 6.07) is 13.0. The van der Waals surface area contributed by atoms with Gasteiger partial charge in [0.25, 0.3) is 5.91 Å². The lowest BCUT2D eigenvalue weighted by Crippen LogP contribution is -2.37. The average Bonchev–Trinajstić information content (AvgIpc) is 2.94. The van der Waals surface area contributed by atoms with Crippen LogP contribution in [0.4, 0.5) is 0 Å². The molecule has 1 aromatic carbocycles. The van der Waals surface area contributed by atoms with E-state index in [0.717, 1.165) is 38.2 Å². The van der Waals surface area contributed by atoms with Gasteiger partial charge in [-0.25, -0.2) is 0 Å². The summed E-state index contributed by atoms with van der Waals surface area (Å²) in [6.45, 7) is 3.67. The maximum absolute atomic E-state index is 12.7. The second-order valence-electron chi connectivity index (χ2n) is 7.02. The number of hydrogen-bond donors (Lipinski definition) is 0.